The zero-order chi connectivity index (χ0) is 14.4. The van der Waals surface area contributed by atoms with Gasteiger partial charge in [0.15, 0.2) is 0 Å². The second-order valence-corrected chi connectivity index (χ2v) is 6.38. The average molecular weight is 275 g/mol. The SMILES string of the molecule is Cc1cc(OC(C)C)ccc1NCC1CCCCCC1. The number of hydrogen-bond donors (Lipinski definition) is 1. The first-order valence-electron chi connectivity index (χ1n) is 8.16. The summed E-state index contributed by atoms with van der Waals surface area (Å²) in [5.74, 6) is 1.82. The Kier molecular flexibility index (Phi) is 5.75. The lowest BCUT2D eigenvalue weighted by atomic mass is 10.0. The fraction of sp³-hybridized carbons (Fsp3) is 0.667. The van der Waals surface area contributed by atoms with Crippen LogP contribution in [-0.2, 0) is 0 Å². The molecular weight excluding hydrogens is 246 g/mol. The number of ether oxygens (including phenoxy) is 1. The Hall–Kier alpha value is -1.18. The second-order valence-electron chi connectivity index (χ2n) is 6.38. The topological polar surface area (TPSA) is 21.3 Å². The Bertz CT molecular complexity index is 406. The van der Waals surface area contributed by atoms with Gasteiger partial charge in [0.2, 0.25) is 0 Å². The van der Waals surface area contributed by atoms with Crippen molar-refractivity contribution >= 4 is 5.69 Å². The third-order valence-electron chi connectivity index (χ3n) is 4.13. The van der Waals surface area contributed by atoms with E-state index in [0.29, 0.717) is 0 Å². The van der Waals surface area contributed by atoms with Crippen LogP contribution in [0.5, 0.6) is 5.75 Å². The Labute approximate surface area is 123 Å². The standard InChI is InChI=1S/C18H29NO/c1-14(2)20-17-10-11-18(15(3)12-17)19-13-16-8-6-4-5-7-9-16/h10-12,14,16,19H,4-9,13H2,1-3H3. The molecular formula is C18H29NO. The molecule has 0 aromatic heterocycles. The van der Waals surface area contributed by atoms with Gasteiger partial charge in [-0.2, -0.15) is 0 Å². The molecule has 1 aromatic carbocycles. The van der Waals surface area contributed by atoms with E-state index in [1.165, 1.54) is 49.8 Å². The van der Waals surface area contributed by atoms with Gasteiger partial charge in [0.25, 0.3) is 0 Å². The molecule has 0 radical (unpaired) electrons. The predicted octanol–water partition coefficient (Wildman–Crippen LogP) is 5.16. The molecule has 0 atom stereocenters. The van der Waals surface area contributed by atoms with Crippen LogP contribution in [0.15, 0.2) is 18.2 Å². The average Bonchev–Trinajstić information content (AvgIpc) is 2.65. The summed E-state index contributed by atoms with van der Waals surface area (Å²) in [4.78, 5) is 0. The van der Waals surface area contributed by atoms with Crippen LogP contribution in [0.25, 0.3) is 0 Å². The Morgan fingerprint density at radius 2 is 1.85 bits per heavy atom. The van der Waals surface area contributed by atoms with Crippen molar-refractivity contribution in [3.63, 3.8) is 0 Å². The number of benzene rings is 1. The number of hydrogen-bond acceptors (Lipinski definition) is 2. The molecule has 0 bridgehead atoms. The molecule has 1 aliphatic rings. The molecule has 0 unspecified atom stereocenters. The lowest BCUT2D eigenvalue weighted by molar-refractivity contribution is 0.242. The summed E-state index contributed by atoms with van der Waals surface area (Å²) in [5.41, 5.74) is 2.53. The van der Waals surface area contributed by atoms with Crippen molar-refractivity contribution in [1.82, 2.24) is 0 Å². The Balaban J connectivity index is 1.88. The molecule has 1 N–H and O–H groups in total. The molecule has 1 saturated carbocycles. The van der Waals surface area contributed by atoms with Crippen molar-refractivity contribution in [2.45, 2.75) is 65.4 Å². The van der Waals surface area contributed by atoms with Gasteiger partial charge >= 0.3 is 0 Å². The van der Waals surface area contributed by atoms with Crippen LogP contribution >= 0.6 is 0 Å². The largest absolute Gasteiger partial charge is 0.491 e. The third-order valence-corrected chi connectivity index (χ3v) is 4.13. The maximum Gasteiger partial charge on any atom is 0.120 e. The van der Waals surface area contributed by atoms with Gasteiger partial charge in [-0.3, -0.25) is 0 Å². The van der Waals surface area contributed by atoms with E-state index in [4.69, 9.17) is 4.74 Å². The van der Waals surface area contributed by atoms with Crippen LogP contribution in [0.2, 0.25) is 0 Å². The molecule has 1 aromatic rings. The van der Waals surface area contributed by atoms with Crippen LogP contribution < -0.4 is 10.1 Å². The molecule has 1 aliphatic carbocycles. The molecule has 0 heterocycles. The quantitative estimate of drug-likeness (QED) is 0.749. The summed E-state index contributed by atoms with van der Waals surface area (Å²) in [5, 5.41) is 3.64. The second kappa shape index (κ2) is 7.56. The van der Waals surface area contributed by atoms with Gasteiger partial charge in [-0.25, -0.2) is 0 Å². The van der Waals surface area contributed by atoms with Gasteiger partial charge in [0, 0.05) is 12.2 Å². The van der Waals surface area contributed by atoms with Crippen molar-refractivity contribution in [3.05, 3.63) is 23.8 Å². The molecule has 2 rings (SSSR count). The van der Waals surface area contributed by atoms with Crippen LogP contribution in [0.3, 0.4) is 0 Å². The zero-order valence-corrected chi connectivity index (χ0v) is 13.2. The van der Waals surface area contributed by atoms with Crippen molar-refractivity contribution in [2.24, 2.45) is 5.92 Å². The molecule has 0 spiro atoms. The first-order chi connectivity index (χ1) is 9.65. The summed E-state index contributed by atoms with van der Waals surface area (Å²) in [6.07, 6.45) is 8.69. The third kappa shape index (κ3) is 4.73. The van der Waals surface area contributed by atoms with E-state index in [1.54, 1.807) is 0 Å². The minimum absolute atomic E-state index is 0.235. The molecule has 0 aliphatic heterocycles. The van der Waals surface area contributed by atoms with E-state index in [-0.39, 0.29) is 6.10 Å². The minimum atomic E-state index is 0.235. The molecule has 2 nitrogen and oxygen atoms in total. The fourth-order valence-corrected chi connectivity index (χ4v) is 3.00. The van der Waals surface area contributed by atoms with Crippen LogP contribution in [0.1, 0.15) is 57.9 Å². The van der Waals surface area contributed by atoms with E-state index in [0.717, 1.165) is 18.2 Å². The van der Waals surface area contributed by atoms with Crippen LogP contribution in [0, 0.1) is 12.8 Å². The molecule has 20 heavy (non-hydrogen) atoms. The van der Waals surface area contributed by atoms with Gasteiger partial charge in [-0.1, -0.05) is 25.7 Å². The van der Waals surface area contributed by atoms with Crippen molar-refractivity contribution in [1.29, 1.82) is 0 Å². The van der Waals surface area contributed by atoms with Crippen LogP contribution in [-0.4, -0.2) is 12.6 Å². The van der Waals surface area contributed by atoms with Gasteiger partial charge in [0.05, 0.1) is 6.10 Å². The van der Waals surface area contributed by atoms with E-state index >= 15 is 0 Å². The van der Waals surface area contributed by atoms with Gasteiger partial charge < -0.3 is 10.1 Å². The van der Waals surface area contributed by atoms with Crippen molar-refractivity contribution < 1.29 is 4.74 Å². The van der Waals surface area contributed by atoms with E-state index in [9.17, 15) is 0 Å². The van der Waals surface area contributed by atoms with E-state index in [1.807, 2.05) is 0 Å². The van der Waals surface area contributed by atoms with Crippen LogP contribution in [0.4, 0.5) is 5.69 Å². The Morgan fingerprint density at radius 1 is 1.15 bits per heavy atom. The fourth-order valence-electron chi connectivity index (χ4n) is 3.00. The highest BCUT2D eigenvalue weighted by Crippen LogP contribution is 2.25. The highest BCUT2D eigenvalue weighted by Gasteiger charge is 2.12. The number of nitrogens with one attached hydrogen (secondary N) is 1. The normalized spacial score (nSPS) is 17.0. The summed E-state index contributed by atoms with van der Waals surface area (Å²) in [7, 11) is 0. The van der Waals surface area contributed by atoms with Gasteiger partial charge in [0.1, 0.15) is 5.75 Å². The summed E-state index contributed by atoms with van der Waals surface area (Å²) in [6, 6.07) is 6.36. The molecule has 1 fully saturated rings. The number of rotatable bonds is 5. The van der Waals surface area contributed by atoms with Gasteiger partial charge in [-0.05, 0) is 63.3 Å². The highest BCUT2D eigenvalue weighted by atomic mass is 16.5. The smallest absolute Gasteiger partial charge is 0.120 e. The number of aryl methyl sites for hydroxylation is 1. The zero-order valence-electron chi connectivity index (χ0n) is 13.2. The highest BCUT2D eigenvalue weighted by molar-refractivity contribution is 5.53. The predicted molar refractivity (Wildman–Crippen MR) is 86.6 cm³/mol. The van der Waals surface area contributed by atoms with Crippen molar-refractivity contribution in [2.75, 3.05) is 11.9 Å². The molecule has 0 saturated heterocycles. The first-order valence-corrected chi connectivity index (χ1v) is 8.16. The van der Waals surface area contributed by atoms with E-state index in [2.05, 4.69) is 44.3 Å². The summed E-state index contributed by atoms with van der Waals surface area (Å²) < 4.78 is 5.73. The van der Waals surface area contributed by atoms with E-state index < -0.39 is 0 Å². The minimum Gasteiger partial charge on any atom is -0.491 e. The Morgan fingerprint density at radius 3 is 2.45 bits per heavy atom. The summed E-state index contributed by atoms with van der Waals surface area (Å²) in [6.45, 7) is 7.40. The lowest BCUT2D eigenvalue weighted by Crippen LogP contribution is -2.14. The lowest BCUT2D eigenvalue weighted by Gasteiger charge is -2.18. The molecule has 112 valence electrons. The van der Waals surface area contributed by atoms with Crippen molar-refractivity contribution in [3.8, 4) is 5.75 Å². The molecule has 0 amide bonds. The summed E-state index contributed by atoms with van der Waals surface area (Å²) >= 11 is 0. The first kappa shape index (κ1) is 15.2. The maximum atomic E-state index is 5.73. The maximum absolute atomic E-state index is 5.73. The molecule has 2 heteroatoms. The number of anilines is 1. The monoisotopic (exact) mass is 275 g/mol. The van der Waals surface area contributed by atoms with Gasteiger partial charge in [-0.15, -0.1) is 0 Å².